The van der Waals surface area contributed by atoms with E-state index in [0.717, 1.165) is 11.8 Å². The lowest BCUT2D eigenvalue weighted by molar-refractivity contribution is 0.471. The van der Waals surface area contributed by atoms with E-state index < -0.39 is 0 Å². The van der Waals surface area contributed by atoms with Crippen LogP contribution in [-0.4, -0.2) is 23.6 Å². The van der Waals surface area contributed by atoms with Crippen LogP contribution in [0.1, 0.15) is 37.3 Å². The fourth-order valence-electron chi connectivity index (χ4n) is 2.76. The molecule has 1 nitrogen and oxygen atoms in total. The van der Waals surface area contributed by atoms with Gasteiger partial charge < -0.3 is 5.32 Å². The molecule has 0 radical (unpaired) electrons. The summed E-state index contributed by atoms with van der Waals surface area (Å²) in [6, 6.07) is 9.45. The van der Waals surface area contributed by atoms with E-state index >= 15 is 0 Å². The second-order valence-corrected chi connectivity index (χ2v) is 6.55. The van der Waals surface area contributed by atoms with E-state index in [0.29, 0.717) is 6.04 Å². The molecule has 0 amide bonds. The third kappa shape index (κ3) is 3.76. The number of aryl methyl sites for hydroxylation is 1. The van der Waals surface area contributed by atoms with Crippen molar-refractivity contribution >= 4 is 11.8 Å². The molecule has 0 aliphatic carbocycles. The highest BCUT2D eigenvalue weighted by Gasteiger charge is 2.23. The zero-order valence-corrected chi connectivity index (χ0v) is 12.4. The molecule has 18 heavy (non-hydrogen) atoms. The van der Waals surface area contributed by atoms with Crippen molar-refractivity contribution < 1.29 is 0 Å². The number of hydrogen-bond donors (Lipinski definition) is 1. The fourth-order valence-corrected chi connectivity index (χ4v) is 4.19. The second-order valence-electron chi connectivity index (χ2n) is 5.20. The van der Waals surface area contributed by atoms with Gasteiger partial charge in [-0.15, -0.1) is 0 Å². The Bertz CT molecular complexity index is 358. The van der Waals surface area contributed by atoms with Gasteiger partial charge >= 0.3 is 0 Å². The summed E-state index contributed by atoms with van der Waals surface area (Å²) in [7, 11) is 0. The van der Waals surface area contributed by atoms with Crippen molar-refractivity contribution in [3.63, 3.8) is 0 Å². The molecule has 1 N–H and O–H groups in total. The number of rotatable bonds is 5. The van der Waals surface area contributed by atoms with Crippen LogP contribution in [0, 0.1) is 6.92 Å². The van der Waals surface area contributed by atoms with E-state index in [-0.39, 0.29) is 0 Å². The Morgan fingerprint density at radius 2 is 2.17 bits per heavy atom. The molecule has 1 aromatic rings. The van der Waals surface area contributed by atoms with Crippen LogP contribution in [0.3, 0.4) is 0 Å². The van der Waals surface area contributed by atoms with Crippen LogP contribution in [0.15, 0.2) is 24.3 Å². The molecule has 2 rings (SSSR count). The first-order valence-electron chi connectivity index (χ1n) is 7.20. The van der Waals surface area contributed by atoms with E-state index in [9.17, 15) is 0 Å². The Labute approximate surface area is 116 Å². The van der Waals surface area contributed by atoms with Crippen LogP contribution < -0.4 is 5.32 Å². The Morgan fingerprint density at radius 1 is 1.33 bits per heavy atom. The molecule has 0 spiro atoms. The van der Waals surface area contributed by atoms with E-state index in [1.807, 2.05) is 0 Å². The smallest absolute Gasteiger partial charge is 0.0226 e. The molecule has 1 fully saturated rings. The van der Waals surface area contributed by atoms with Crippen molar-refractivity contribution in [2.45, 2.75) is 50.8 Å². The van der Waals surface area contributed by atoms with Crippen LogP contribution in [0.25, 0.3) is 0 Å². The van der Waals surface area contributed by atoms with Crippen molar-refractivity contribution in [2.75, 3.05) is 12.3 Å². The summed E-state index contributed by atoms with van der Waals surface area (Å²) in [6.07, 6.45) is 5.38. The third-order valence-corrected chi connectivity index (χ3v) is 5.35. The summed E-state index contributed by atoms with van der Waals surface area (Å²) in [5, 5.41) is 4.51. The van der Waals surface area contributed by atoms with Crippen molar-refractivity contribution in [2.24, 2.45) is 0 Å². The standard InChI is InChI=1S/C16H25NS/c1-3-17-15(16-10-6-7-11-18-16)12-14-9-5-4-8-13(14)2/h4-5,8-9,15-17H,3,6-7,10-12H2,1-2H3. The average molecular weight is 263 g/mol. The molecule has 2 unspecified atom stereocenters. The predicted molar refractivity (Wildman–Crippen MR) is 82.4 cm³/mol. The third-order valence-electron chi connectivity index (χ3n) is 3.83. The summed E-state index contributed by atoms with van der Waals surface area (Å²) >= 11 is 2.17. The molecule has 1 heterocycles. The number of hydrogen-bond acceptors (Lipinski definition) is 2. The fraction of sp³-hybridized carbons (Fsp3) is 0.625. The van der Waals surface area contributed by atoms with Crippen LogP contribution in [0.5, 0.6) is 0 Å². The largest absolute Gasteiger partial charge is 0.313 e. The van der Waals surface area contributed by atoms with Crippen molar-refractivity contribution in [1.29, 1.82) is 0 Å². The number of thioether (sulfide) groups is 1. The highest BCUT2D eigenvalue weighted by Crippen LogP contribution is 2.29. The molecule has 0 saturated carbocycles. The first-order valence-corrected chi connectivity index (χ1v) is 8.25. The summed E-state index contributed by atoms with van der Waals surface area (Å²) < 4.78 is 0. The Hall–Kier alpha value is -0.470. The first-order chi connectivity index (χ1) is 8.81. The van der Waals surface area contributed by atoms with Gasteiger partial charge in [0.2, 0.25) is 0 Å². The number of nitrogens with one attached hydrogen (secondary N) is 1. The molecular formula is C16H25NS. The zero-order chi connectivity index (χ0) is 12.8. The van der Waals surface area contributed by atoms with E-state index in [2.05, 4.69) is 55.2 Å². The molecule has 100 valence electrons. The van der Waals surface area contributed by atoms with Gasteiger partial charge in [0.25, 0.3) is 0 Å². The Balaban J connectivity index is 2.03. The normalized spacial score (nSPS) is 21.8. The summed E-state index contributed by atoms with van der Waals surface area (Å²) in [5.74, 6) is 1.35. The van der Waals surface area contributed by atoms with Gasteiger partial charge in [-0.3, -0.25) is 0 Å². The van der Waals surface area contributed by atoms with Crippen LogP contribution >= 0.6 is 11.8 Å². The Morgan fingerprint density at radius 3 is 2.83 bits per heavy atom. The SMILES string of the molecule is CCNC(Cc1ccccc1C)C1CCCCS1. The van der Waals surface area contributed by atoms with E-state index in [1.54, 1.807) is 0 Å². The van der Waals surface area contributed by atoms with Crippen LogP contribution in [-0.2, 0) is 6.42 Å². The molecular weight excluding hydrogens is 238 g/mol. The van der Waals surface area contributed by atoms with Crippen molar-refractivity contribution in [3.05, 3.63) is 35.4 Å². The number of benzene rings is 1. The highest BCUT2D eigenvalue weighted by molar-refractivity contribution is 8.00. The molecule has 0 bridgehead atoms. The van der Waals surface area contributed by atoms with Crippen molar-refractivity contribution in [3.8, 4) is 0 Å². The van der Waals surface area contributed by atoms with E-state index in [4.69, 9.17) is 0 Å². The van der Waals surface area contributed by atoms with Gasteiger partial charge in [0.15, 0.2) is 0 Å². The van der Waals surface area contributed by atoms with E-state index in [1.165, 1.54) is 42.6 Å². The summed E-state index contributed by atoms with van der Waals surface area (Å²) in [6.45, 7) is 5.53. The summed E-state index contributed by atoms with van der Waals surface area (Å²) in [4.78, 5) is 0. The molecule has 2 heteroatoms. The second kappa shape index (κ2) is 7.20. The average Bonchev–Trinajstić information content (AvgIpc) is 2.42. The van der Waals surface area contributed by atoms with Gasteiger partial charge in [0.05, 0.1) is 0 Å². The topological polar surface area (TPSA) is 12.0 Å². The highest BCUT2D eigenvalue weighted by atomic mass is 32.2. The minimum absolute atomic E-state index is 0.640. The molecule has 1 aliphatic rings. The first kappa shape index (κ1) is 14.0. The minimum Gasteiger partial charge on any atom is -0.313 e. The van der Waals surface area contributed by atoms with Crippen LogP contribution in [0.4, 0.5) is 0 Å². The van der Waals surface area contributed by atoms with Gasteiger partial charge in [-0.1, -0.05) is 37.6 Å². The predicted octanol–water partition coefficient (Wildman–Crippen LogP) is 3.80. The lowest BCUT2D eigenvalue weighted by Gasteiger charge is -2.31. The van der Waals surface area contributed by atoms with Gasteiger partial charge in [-0.2, -0.15) is 11.8 Å². The quantitative estimate of drug-likeness (QED) is 0.867. The van der Waals surface area contributed by atoms with Gasteiger partial charge in [0.1, 0.15) is 0 Å². The Kier molecular flexibility index (Phi) is 5.58. The monoisotopic (exact) mass is 263 g/mol. The number of likely N-dealkylation sites (N-methyl/N-ethyl adjacent to an activating group) is 1. The lowest BCUT2D eigenvalue weighted by Crippen LogP contribution is -2.41. The zero-order valence-electron chi connectivity index (χ0n) is 11.6. The maximum absolute atomic E-state index is 3.71. The molecule has 1 saturated heterocycles. The molecule has 0 aromatic heterocycles. The van der Waals surface area contributed by atoms with Gasteiger partial charge in [0, 0.05) is 11.3 Å². The maximum atomic E-state index is 3.71. The molecule has 1 aliphatic heterocycles. The lowest BCUT2D eigenvalue weighted by atomic mass is 9.96. The minimum atomic E-state index is 0.640. The molecule has 2 atom stereocenters. The molecule has 1 aromatic carbocycles. The van der Waals surface area contributed by atoms with Gasteiger partial charge in [-0.05, 0) is 49.6 Å². The van der Waals surface area contributed by atoms with Crippen LogP contribution in [0.2, 0.25) is 0 Å². The summed E-state index contributed by atoms with van der Waals surface area (Å²) in [5.41, 5.74) is 2.94. The van der Waals surface area contributed by atoms with Gasteiger partial charge in [-0.25, -0.2) is 0 Å². The van der Waals surface area contributed by atoms with Crippen molar-refractivity contribution in [1.82, 2.24) is 5.32 Å². The maximum Gasteiger partial charge on any atom is 0.0226 e.